The van der Waals surface area contributed by atoms with E-state index in [1.54, 1.807) is 4.90 Å². The predicted octanol–water partition coefficient (Wildman–Crippen LogP) is 3.28. The Morgan fingerprint density at radius 3 is 2.37 bits per heavy atom. The predicted molar refractivity (Wildman–Crippen MR) is 136 cm³/mol. The average Bonchev–Trinajstić information content (AvgIpc) is 3.07. The maximum atomic E-state index is 13.7. The van der Waals surface area contributed by atoms with E-state index in [1.807, 2.05) is 4.90 Å². The smallest absolute Gasteiger partial charge is 0.321 e. The average molecular weight is 483 g/mol. The number of aliphatic hydroxyl groups is 1. The molecule has 3 amide bonds. The first-order valence-corrected chi connectivity index (χ1v) is 13.6. The van der Waals surface area contributed by atoms with Crippen molar-refractivity contribution in [1.29, 1.82) is 0 Å². The highest BCUT2D eigenvalue weighted by Gasteiger charge is 2.55. The first-order chi connectivity index (χ1) is 16.8. The molecule has 2 aliphatic carbocycles. The van der Waals surface area contributed by atoms with Crippen molar-refractivity contribution in [3.63, 3.8) is 0 Å². The van der Waals surface area contributed by atoms with Crippen molar-refractivity contribution in [3.05, 3.63) is 35.9 Å². The van der Waals surface area contributed by atoms with Crippen LogP contribution in [0, 0.1) is 5.92 Å². The number of hydrogen-bond acceptors (Lipinski definition) is 4. The minimum Gasteiger partial charge on any atom is -0.391 e. The molecular formula is C28H42N4O3. The third-order valence-corrected chi connectivity index (χ3v) is 9.48. The number of urea groups is 1. The molecule has 0 radical (unpaired) electrons. The van der Waals surface area contributed by atoms with Crippen LogP contribution in [0.5, 0.6) is 0 Å². The summed E-state index contributed by atoms with van der Waals surface area (Å²) in [6.07, 6.45) is 8.70. The number of piperidine rings is 1. The Bertz CT molecular complexity index is 908. The second-order valence-electron chi connectivity index (χ2n) is 11.7. The van der Waals surface area contributed by atoms with Gasteiger partial charge >= 0.3 is 6.03 Å². The minimum atomic E-state index is -0.445. The molecule has 1 aromatic carbocycles. The van der Waals surface area contributed by atoms with E-state index in [2.05, 4.69) is 54.2 Å². The van der Waals surface area contributed by atoms with E-state index in [0.717, 1.165) is 45.1 Å². The Kier molecular flexibility index (Phi) is 6.83. The molecule has 7 nitrogen and oxygen atoms in total. The van der Waals surface area contributed by atoms with Gasteiger partial charge in [-0.05, 0) is 76.9 Å². The van der Waals surface area contributed by atoms with Crippen molar-refractivity contribution >= 4 is 11.9 Å². The van der Waals surface area contributed by atoms with Gasteiger partial charge in [0.1, 0.15) is 6.54 Å². The van der Waals surface area contributed by atoms with Crippen LogP contribution in [0.3, 0.4) is 0 Å². The minimum absolute atomic E-state index is 0.0229. The summed E-state index contributed by atoms with van der Waals surface area (Å²) in [4.78, 5) is 34.9. The zero-order chi connectivity index (χ0) is 24.6. The highest BCUT2D eigenvalue weighted by atomic mass is 16.3. The van der Waals surface area contributed by atoms with Gasteiger partial charge in [0.15, 0.2) is 0 Å². The van der Waals surface area contributed by atoms with Gasteiger partial charge in [0.25, 0.3) is 0 Å². The Hall–Kier alpha value is -2.12. The van der Waals surface area contributed by atoms with E-state index in [1.165, 1.54) is 24.8 Å². The number of amides is 3. The Balaban J connectivity index is 1.34. The largest absolute Gasteiger partial charge is 0.391 e. The van der Waals surface area contributed by atoms with Crippen LogP contribution < -0.4 is 0 Å². The highest BCUT2D eigenvalue weighted by Crippen LogP contribution is 2.49. The summed E-state index contributed by atoms with van der Waals surface area (Å²) >= 11 is 0. The molecule has 2 saturated heterocycles. The van der Waals surface area contributed by atoms with E-state index in [4.69, 9.17) is 0 Å². The molecule has 7 heteroatoms. The van der Waals surface area contributed by atoms with Crippen molar-refractivity contribution in [2.24, 2.45) is 5.92 Å². The molecule has 2 aliphatic heterocycles. The van der Waals surface area contributed by atoms with Gasteiger partial charge in [0.05, 0.1) is 11.6 Å². The number of carbonyl (C=O) groups is 2. The van der Waals surface area contributed by atoms with Gasteiger partial charge in [-0.2, -0.15) is 0 Å². The Labute approximate surface area is 210 Å². The number of benzene rings is 1. The van der Waals surface area contributed by atoms with E-state index >= 15 is 0 Å². The zero-order valence-electron chi connectivity index (χ0n) is 21.5. The lowest BCUT2D eigenvalue weighted by atomic mass is 9.68. The van der Waals surface area contributed by atoms with Crippen molar-refractivity contribution in [2.45, 2.75) is 75.0 Å². The molecule has 2 heterocycles. The fourth-order valence-electron chi connectivity index (χ4n) is 6.95. The number of nitrogens with zero attached hydrogens (tertiary/aromatic N) is 4. The van der Waals surface area contributed by atoms with Gasteiger partial charge < -0.3 is 19.8 Å². The Morgan fingerprint density at radius 2 is 1.77 bits per heavy atom. The van der Waals surface area contributed by atoms with Crippen molar-refractivity contribution < 1.29 is 14.7 Å². The van der Waals surface area contributed by atoms with Crippen LogP contribution in [0.1, 0.15) is 63.4 Å². The van der Waals surface area contributed by atoms with E-state index in [-0.39, 0.29) is 29.6 Å². The number of aliphatic hydroxyl groups excluding tert-OH is 1. The molecule has 192 valence electrons. The fourth-order valence-corrected chi connectivity index (χ4v) is 6.95. The maximum Gasteiger partial charge on any atom is 0.321 e. The van der Waals surface area contributed by atoms with Crippen molar-refractivity contribution in [2.75, 3.05) is 46.8 Å². The molecule has 4 fully saturated rings. The summed E-state index contributed by atoms with van der Waals surface area (Å²) in [6.45, 7) is 2.66. The van der Waals surface area contributed by atoms with Gasteiger partial charge in [-0.15, -0.1) is 0 Å². The summed E-state index contributed by atoms with van der Waals surface area (Å²) in [7, 11) is 4.35. The third-order valence-electron chi connectivity index (χ3n) is 9.48. The molecule has 2 saturated carbocycles. The van der Waals surface area contributed by atoms with Gasteiger partial charge in [-0.25, -0.2) is 4.79 Å². The second-order valence-corrected chi connectivity index (χ2v) is 11.7. The molecular weight excluding hydrogens is 440 g/mol. The normalized spacial score (nSPS) is 31.9. The van der Waals surface area contributed by atoms with Crippen LogP contribution in [0.15, 0.2) is 30.3 Å². The van der Waals surface area contributed by atoms with Crippen LogP contribution in [0.4, 0.5) is 4.79 Å². The van der Waals surface area contributed by atoms with E-state index in [9.17, 15) is 14.7 Å². The lowest BCUT2D eigenvalue weighted by Gasteiger charge is -2.51. The summed E-state index contributed by atoms with van der Waals surface area (Å²) < 4.78 is 0. The monoisotopic (exact) mass is 482 g/mol. The van der Waals surface area contributed by atoms with E-state index < -0.39 is 6.10 Å². The number of β-amino-alcohol motifs (C(OH)–C–C–N with tert-alkyl or cyclic N) is 1. The molecule has 4 aliphatic rings. The number of hydrogen-bond donors (Lipinski definition) is 1. The molecule has 0 aromatic heterocycles. The van der Waals surface area contributed by atoms with Crippen LogP contribution in [0.25, 0.3) is 0 Å². The summed E-state index contributed by atoms with van der Waals surface area (Å²) in [5, 5.41) is 10.0. The molecule has 35 heavy (non-hydrogen) atoms. The molecule has 0 unspecified atom stereocenters. The van der Waals surface area contributed by atoms with E-state index in [0.29, 0.717) is 25.6 Å². The summed E-state index contributed by atoms with van der Waals surface area (Å²) in [5.74, 6) is 0.568. The van der Waals surface area contributed by atoms with Crippen molar-refractivity contribution in [1.82, 2.24) is 19.6 Å². The third kappa shape index (κ3) is 4.57. The topological polar surface area (TPSA) is 67.3 Å². The van der Waals surface area contributed by atoms with Gasteiger partial charge in [-0.3, -0.25) is 9.69 Å². The second kappa shape index (κ2) is 9.74. The van der Waals surface area contributed by atoms with Crippen LogP contribution in [0.2, 0.25) is 0 Å². The molecule has 1 spiro atoms. The maximum absolute atomic E-state index is 13.7. The summed E-state index contributed by atoms with van der Waals surface area (Å²) in [6, 6.07) is 10.8. The standard InChI is InChI=1S/C28H42N4O3/c1-29(2)28(23-10-4-3-5-11-23)15-13-27(14-16-28)21-31(26(35)32(27)18-22-8-6-9-22)20-25(34)30-17-7-12-24(33)19-30/h3-5,10-11,22,24,33H,6-9,12-21H2,1-2H3/t24-,27-,28+/m1/s1. The number of likely N-dealkylation sites (tertiary alicyclic amines) is 1. The van der Waals surface area contributed by atoms with Gasteiger partial charge in [0.2, 0.25) is 5.91 Å². The molecule has 5 rings (SSSR count). The van der Waals surface area contributed by atoms with Crippen molar-refractivity contribution in [3.8, 4) is 0 Å². The first-order valence-electron chi connectivity index (χ1n) is 13.6. The number of carbonyl (C=O) groups excluding carboxylic acids is 2. The van der Waals surface area contributed by atoms with Crippen LogP contribution in [-0.4, -0.2) is 95.1 Å². The molecule has 1 aromatic rings. The van der Waals surface area contributed by atoms with Crippen LogP contribution >= 0.6 is 0 Å². The lowest BCUT2D eigenvalue weighted by molar-refractivity contribution is -0.134. The zero-order valence-corrected chi connectivity index (χ0v) is 21.5. The van der Waals surface area contributed by atoms with Gasteiger partial charge in [-0.1, -0.05) is 36.8 Å². The molecule has 1 N–H and O–H groups in total. The van der Waals surface area contributed by atoms with Crippen LogP contribution in [-0.2, 0) is 10.3 Å². The Morgan fingerprint density at radius 1 is 1.06 bits per heavy atom. The first kappa shape index (κ1) is 24.6. The quantitative estimate of drug-likeness (QED) is 0.676. The molecule has 1 atom stereocenters. The van der Waals surface area contributed by atoms with Gasteiger partial charge in [0, 0.05) is 31.7 Å². The highest BCUT2D eigenvalue weighted by molar-refractivity contribution is 5.86. The summed E-state index contributed by atoms with van der Waals surface area (Å²) in [5.41, 5.74) is 1.14. The molecule has 0 bridgehead atoms. The number of rotatable bonds is 6. The lowest BCUT2D eigenvalue weighted by Crippen LogP contribution is -2.56. The fraction of sp³-hybridized carbons (Fsp3) is 0.714. The SMILES string of the molecule is CN(C)[C@]1(c2ccccc2)CC[C@]2(CC1)CN(CC(=O)N1CCC[C@@H](O)C1)C(=O)N2CC1CCC1.